The van der Waals surface area contributed by atoms with Gasteiger partial charge in [0.15, 0.2) is 0 Å². The molecule has 0 unspecified atom stereocenters. The van der Waals surface area contributed by atoms with E-state index in [1.54, 1.807) is 0 Å². The number of anilines is 1. The number of hydrogen-bond acceptors (Lipinski definition) is 4. The van der Waals surface area contributed by atoms with Gasteiger partial charge in [-0.25, -0.2) is 4.79 Å². The van der Waals surface area contributed by atoms with E-state index < -0.39 is 11.7 Å². The number of amides is 2. The van der Waals surface area contributed by atoms with E-state index in [9.17, 15) is 9.59 Å². The van der Waals surface area contributed by atoms with Crippen LogP contribution in [0.25, 0.3) is 0 Å². The summed E-state index contributed by atoms with van der Waals surface area (Å²) in [6.45, 7) is 11.9. The van der Waals surface area contributed by atoms with Gasteiger partial charge in [0.05, 0.1) is 0 Å². The van der Waals surface area contributed by atoms with Crippen molar-refractivity contribution < 1.29 is 19.1 Å². The second-order valence-electron chi connectivity index (χ2n) is 8.17. The zero-order valence-corrected chi connectivity index (χ0v) is 16.8. The molecule has 146 valence electrons. The van der Waals surface area contributed by atoms with Crippen LogP contribution in [0.1, 0.15) is 60.8 Å². The van der Waals surface area contributed by atoms with Crippen LogP contribution in [0.5, 0.6) is 5.75 Å². The Bertz CT molecular complexity index is 583. The van der Waals surface area contributed by atoms with Crippen LogP contribution in [-0.2, 0) is 9.53 Å². The molecule has 1 aromatic rings. The van der Waals surface area contributed by atoms with E-state index in [4.69, 9.17) is 9.47 Å². The van der Waals surface area contributed by atoms with Gasteiger partial charge in [-0.15, -0.1) is 0 Å². The van der Waals surface area contributed by atoms with Gasteiger partial charge in [0.25, 0.3) is 0 Å². The molecule has 0 aliphatic rings. The first-order valence-electron chi connectivity index (χ1n) is 9.00. The SMILES string of the molecule is CC(C)(C)OC(=O)NCCCCC(=O)Nc1ccc(OC(C)(C)C)cc1. The van der Waals surface area contributed by atoms with Crippen molar-refractivity contribution in [2.24, 2.45) is 0 Å². The monoisotopic (exact) mass is 364 g/mol. The van der Waals surface area contributed by atoms with Crippen LogP contribution in [0.3, 0.4) is 0 Å². The van der Waals surface area contributed by atoms with Crippen LogP contribution >= 0.6 is 0 Å². The van der Waals surface area contributed by atoms with E-state index in [2.05, 4.69) is 10.6 Å². The van der Waals surface area contributed by atoms with Crippen molar-refractivity contribution in [1.82, 2.24) is 5.32 Å². The van der Waals surface area contributed by atoms with Crippen LogP contribution in [-0.4, -0.2) is 29.7 Å². The van der Waals surface area contributed by atoms with Crippen LogP contribution < -0.4 is 15.4 Å². The van der Waals surface area contributed by atoms with Crippen molar-refractivity contribution in [3.63, 3.8) is 0 Å². The first-order chi connectivity index (χ1) is 11.9. The molecule has 1 aromatic carbocycles. The average molecular weight is 364 g/mol. The third kappa shape index (κ3) is 10.6. The molecule has 2 amide bonds. The first kappa shape index (κ1) is 21.8. The minimum absolute atomic E-state index is 0.0493. The average Bonchev–Trinajstić information content (AvgIpc) is 2.45. The van der Waals surface area contributed by atoms with E-state index >= 15 is 0 Å². The summed E-state index contributed by atoms with van der Waals surface area (Å²) in [4.78, 5) is 23.4. The van der Waals surface area contributed by atoms with Crippen LogP contribution in [0, 0.1) is 0 Å². The molecule has 6 nitrogen and oxygen atoms in total. The smallest absolute Gasteiger partial charge is 0.407 e. The molecule has 26 heavy (non-hydrogen) atoms. The molecule has 0 saturated carbocycles. The number of carbonyl (C=O) groups excluding carboxylic acids is 2. The number of unbranched alkanes of at least 4 members (excludes halogenated alkanes) is 1. The molecule has 0 aromatic heterocycles. The highest BCUT2D eigenvalue weighted by molar-refractivity contribution is 5.90. The third-order valence-electron chi connectivity index (χ3n) is 3.06. The van der Waals surface area contributed by atoms with Gasteiger partial charge in [0.1, 0.15) is 17.0 Å². The zero-order chi connectivity index (χ0) is 19.8. The van der Waals surface area contributed by atoms with E-state index in [0.29, 0.717) is 25.8 Å². The molecule has 0 aliphatic carbocycles. The summed E-state index contributed by atoms with van der Waals surface area (Å²) >= 11 is 0. The Morgan fingerprint density at radius 1 is 0.923 bits per heavy atom. The van der Waals surface area contributed by atoms with E-state index in [0.717, 1.165) is 11.4 Å². The molecule has 0 radical (unpaired) electrons. The highest BCUT2D eigenvalue weighted by Gasteiger charge is 2.15. The minimum Gasteiger partial charge on any atom is -0.488 e. The fraction of sp³-hybridized carbons (Fsp3) is 0.600. The van der Waals surface area contributed by atoms with Crippen molar-refractivity contribution in [2.45, 2.75) is 72.0 Å². The lowest BCUT2D eigenvalue weighted by Crippen LogP contribution is -2.33. The number of benzene rings is 1. The van der Waals surface area contributed by atoms with Crippen LogP contribution in [0.4, 0.5) is 10.5 Å². The molecule has 0 bridgehead atoms. The molecule has 6 heteroatoms. The molecule has 0 fully saturated rings. The van der Waals surface area contributed by atoms with E-state index in [-0.39, 0.29) is 11.5 Å². The molecule has 0 heterocycles. The molecule has 0 saturated heterocycles. The van der Waals surface area contributed by atoms with Crippen molar-refractivity contribution in [2.75, 3.05) is 11.9 Å². The summed E-state index contributed by atoms with van der Waals surface area (Å²) in [5.74, 6) is 0.718. The van der Waals surface area contributed by atoms with Gasteiger partial charge in [0, 0.05) is 18.7 Å². The Kier molecular flexibility index (Phi) is 7.93. The largest absolute Gasteiger partial charge is 0.488 e. The molecular formula is C20H32N2O4. The minimum atomic E-state index is -0.503. The Hall–Kier alpha value is -2.24. The highest BCUT2D eigenvalue weighted by Crippen LogP contribution is 2.20. The molecular weight excluding hydrogens is 332 g/mol. The second-order valence-corrected chi connectivity index (χ2v) is 8.17. The number of rotatable bonds is 7. The Morgan fingerprint density at radius 3 is 2.08 bits per heavy atom. The maximum absolute atomic E-state index is 12.0. The van der Waals surface area contributed by atoms with Gasteiger partial charge >= 0.3 is 6.09 Å². The lowest BCUT2D eigenvalue weighted by Gasteiger charge is -2.21. The first-order valence-corrected chi connectivity index (χ1v) is 9.00. The highest BCUT2D eigenvalue weighted by atomic mass is 16.6. The number of ether oxygens (including phenoxy) is 2. The maximum atomic E-state index is 12.0. The van der Waals surface area contributed by atoms with E-state index in [1.165, 1.54) is 0 Å². The topological polar surface area (TPSA) is 76.7 Å². The fourth-order valence-electron chi connectivity index (χ4n) is 2.10. The van der Waals surface area contributed by atoms with Gasteiger partial charge < -0.3 is 20.1 Å². The van der Waals surface area contributed by atoms with Crippen molar-refractivity contribution in [3.8, 4) is 5.75 Å². The lowest BCUT2D eigenvalue weighted by molar-refractivity contribution is -0.116. The molecule has 1 rings (SSSR count). The van der Waals surface area contributed by atoms with Crippen molar-refractivity contribution >= 4 is 17.7 Å². The second kappa shape index (κ2) is 9.46. The number of alkyl carbamates (subject to hydrolysis) is 1. The predicted molar refractivity (Wildman–Crippen MR) is 104 cm³/mol. The summed E-state index contributed by atoms with van der Waals surface area (Å²) in [5, 5.41) is 5.54. The number of nitrogens with one attached hydrogen (secondary N) is 2. The molecule has 0 aliphatic heterocycles. The number of hydrogen-bond donors (Lipinski definition) is 2. The van der Waals surface area contributed by atoms with Gasteiger partial charge in [-0.3, -0.25) is 4.79 Å². The normalized spacial score (nSPS) is 11.6. The summed E-state index contributed by atoms with van der Waals surface area (Å²) in [7, 11) is 0. The van der Waals surface area contributed by atoms with Gasteiger partial charge in [-0.2, -0.15) is 0 Å². The van der Waals surface area contributed by atoms with Crippen molar-refractivity contribution in [3.05, 3.63) is 24.3 Å². The summed E-state index contributed by atoms with van der Waals surface area (Å²) in [6.07, 6.45) is 1.37. The molecule has 0 spiro atoms. The van der Waals surface area contributed by atoms with Gasteiger partial charge in [-0.05, 0) is 78.6 Å². The van der Waals surface area contributed by atoms with Crippen molar-refractivity contribution in [1.29, 1.82) is 0 Å². The Labute approximate surface area is 156 Å². The Balaban J connectivity index is 2.23. The van der Waals surface area contributed by atoms with Crippen LogP contribution in [0.15, 0.2) is 24.3 Å². The standard InChI is InChI=1S/C20H32N2O4/c1-19(2,3)25-16-12-10-15(11-13-16)22-17(23)9-7-8-14-21-18(24)26-20(4,5)6/h10-13H,7-9,14H2,1-6H3,(H,21,24)(H,22,23). The predicted octanol–water partition coefficient (Wildman–Crippen LogP) is 4.50. The zero-order valence-electron chi connectivity index (χ0n) is 16.8. The quantitative estimate of drug-likeness (QED) is 0.699. The molecule has 2 N–H and O–H groups in total. The summed E-state index contributed by atoms with van der Waals surface area (Å²) < 4.78 is 10.9. The van der Waals surface area contributed by atoms with Crippen LogP contribution in [0.2, 0.25) is 0 Å². The molecule has 0 atom stereocenters. The van der Waals surface area contributed by atoms with Gasteiger partial charge in [-0.1, -0.05) is 0 Å². The van der Waals surface area contributed by atoms with E-state index in [1.807, 2.05) is 65.8 Å². The third-order valence-corrected chi connectivity index (χ3v) is 3.06. The summed E-state index contributed by atoms with van der Waals surface area (Å²) in [6, 6.07) is 7.32. The fourth-order valence-corrected chi connectivity index (χ4v) is 2.10. The van der Waals surface area contributed by atoms with Gasteiger partial charge in [0.2, 0.25) is 5.91 Å². The number of carbonyl (C=O) groups is 2. The maximum Gasteiger partial charge on any atom is 0.407 e. The Morgan fingerprint density at radius 2 is 1.54 bits per heavy atom. The summed E-state index contributed by atoms with van der Waals surface area (Å²) in [5.41, 5.74) is -0.0154. The lowest BCUT2D eigenvalue weighted by atomic mass is 10.2.